The Balaban J connectivity index is 0.938. The van der Waals surface area contributed by atoms with E-state index in [-0.39, 0.29) is 22.8 Å². The van der Waals surface area contributed by atoms with Gasteiger partial charge in [0.2, 0.25) is 0 Å². The fourth-order valence-electron chi connectivity index (χ4n) is 12.3. The van der Waals surface area contributed by atoms with E-state index in [0.717, 1.165) is 29.1 Å². The predicted molar refractivity (Wildman–Crippen MR) is 270 cm³/mol. The SMILES string of the molecule is CC1(C)c2ccc(-c3ccc4sc5c(C6=C(C7C=CC=CC7)N=C(c7ccccc7)C(c7ccccc7)N6)cccc5c4c3)cc2-c2cc3c(cc21)-c1ccccc1C31CCCCC1. The smallest absolute Gasteiger partial charge is 0.0946 e. The summed E-state index contributed by atoms with van der Waals surface area (Å²) in [6.45, 7) is 4.86. The Hall–Kier alpha value is -6.55. The molecule has 2 unspecified atom stereocenters. The van der Waals surface area contributed by atoms with Crippen LogP contribution in [-0.4, -0.2) is 5.71 Å². The van der Waals surface area contributed by atoms with E-state index in [0.29, 0.717) is 0 Å². The number of rotatable bonds is 5. The number of benzene rings is 7. The zero-order valence-electron chi connectivity index (χ0n) is 36.5. The molecule has 3 heteroatoms. The first kappa shape index (κ1) is 38.0. The summed E-state index contributed by atoms with van der Waals surface area (Å²) in [5, 5.41) is 6.73. The van der Waals surface area contributed by atoms with E-state index in [2.05, 4.69) is 195 Å². The molecule has 1 saturated carbocycles. The Morgan fingerprint density at radius 1 is 0.562 bits per heavy atom. The molecule has 1 aliphatic heterocycles. The molecule has 1 aromatic heterocycles. The number of fused-ring (bicyclic) bond motifs is 11. The molecule has 0 bridgehead atoms. The first-order valence-corrected chi connectivity index (χ1v) is 24.2. The third-order valence-corrected chi connectivity index (χ3v) is 16.7. The maximum absolute atomic E-state index is 5.67. The minimum atomic E-state index is -0.0961. The standard InChI is InChI=1S/C61H50N2S/c1-60(2)50-30-28-41(34-46(50)48-37-53-47(36-52(48)60)43-24-13-14-27-51(43)61(53)32-15-6-16-33-61)42-29-31-54-49(35-42)44-25-17-26-45(59(44)64-54)58-57(40-22-11-5-12-23-40)62-55(38-18-7-3-8-19-38)56(63-58)39-20-9-4-10-21-39/h3-5,7-14,17-22,24-31,34-37,40,56,63H,6,15-16,23,32-33H2,1-2H3. The molecule has 7 aromatic carbocycles. The van der Waals surface area contributed by atoms with E-state index < -0.39 is 0 Å². The Morgan fingerprint density at radius 3 is 2.11 bits per heavy atom. The van der Waals surface area contributed by atoms with Crippen LogP contribution in [-0.2, 0) is 10.8 Å². The summed E-state index contributed by atoms with van der Waals surface area (Å²) in [7, 11) is 0. The van der Waals surface area contributed by atoms with Crippen LogP contribution >= 0.6 is 11.3 Å². The highest BCUT2D eigenvalue weighted by atomic mass is 32.1. The number of nitrogens with zero attached hydrogens (tertiary/aromatic N) is 1. The molecule has 13 rings (SSSR count). The quantitative estimate of drug-likeness (QED) is 0.183. The van der Waals surface area contributed by atoms with E-state index >= 15 is 0 Å². The predicted octanol–water partition coefficient (Wildman–Crippen LogP) is 15.9. The molecule has 2 heterocycles. The van der Waals surface area contributed by atoms with E-state index in [1.165, 1.54) is 108 Å². The maximum Gasteiger partial charge on any atom is 0.0946 e. The fourth-order valence-corrected chi connectivity index (χ4v) is 13.5. The van der Waals surface area contributed by atoms with Gasteiger partial charge in [-0.3, -0.25) is 4.99 Å². The van der Waals surface area contributed by atoms with Crippen LogP contribution in [0.5, 0.6) is 0 Å². The summed E-state index contributed by atoms with van der Waals surface area (Å²) >= 11 is 1.90. The lowest BCUT2D eigenvalue weighted by molar-refractivity contribution is 0.353. The second kappa shape index (κ2) is 14.5. The molecule has 0 radical (unpaired) electrons. The van der Waals surface area contributed by atoms with Gasteiger partial charge >= 0.3 is 0 Å². The third-order valence-electron chi connectivity index (χ3n) is 15.5. The molecule has 2 nitrogen and oxygen atoms in total. The van der Waals surface area contributed by atoms with E-state index in [1.807, 2.05) is 11.3 Å². The highest BCUT2D eigenvalue weighted by Gasteiger charge is 2.46. The lowest BCUT2D eigenvalue weighted by atomic mass is 9.67. The van der Waals surface area contributed by atoms with Crippen molar-refractivity contribution in [2.45, 2.75) is 69.2 Å². The lowest BCUT2D eigenvalue weighted by Crippen LogP contribution is -2.33. The van der Waals surface area contributed by atoms with Crippen LogP contribution in [0, 0.1) is 5.92 Å². The van der Waals surface area contributed by atoms with Crippen LogP contribution in [0.25, 0.3) is 59.3 Å². The maximum atomic E-state index is 5.67. The van der Waals surface area contributed by atoms with Crippen molar-refractivity contribution in [3.8, 4) is 33.4 Å². The van der Waals surface area contributed by atoms with Crippen molar-refractivity contribution >= 4 is 42.9 Å². The summed E-state index contributed by atoms with van der Waals surface area (Å²) in [4.78, 5) is 5.67. The number of nitrogens with one attached hydrogen (secondary N) is 1. The Bertz CT molecular complexity index is 3330. The van der Waals surface area contributed by atoms with Gasteiger partial charge < -0.3 is 5.32 Å². The van der Waals surface area contributed by atoms with Crippen molar-refractivity contribution in [2.24, 2.45) is 10.9 Å². The average molecular weight is 843 g/mol. The first-order chi connectivity index (χ1) is 31.5. The monoisotopic (exact) mass is 842 g/mol. The average Bonchev–Trinajstić information content (AvgIpc) is 3.94. The van der Waals surface area contributed by atoms with E-state index in [4.69, 9.17) is 4.99 Å². The molecule has 5 aliphatic rings. The van der Waals surface area contributed by atoms with E-state index in [1.54, 1.807) is 11.1 Å². The molecule has 310 valence electrons. The van der Waals surface area contributed by atoms with Crippen molar-refractivity contribution in [1.82, 2.24) is 5.32 Å². The van der Waals surface area contributed by atoms with Crippen molar-refractivity contribution in [1.29, 1.82) is 0 Å². The summed E-state index contributed by atoms with van der Waals surface area (Å²) in [6.07, 6.45) is 16.3. The summed E-state index contributed by atoms with van der Waals surface area (Å²) in [5.41, 5.74) is 21.3. The Kier molecular flexibility index (Phi) is 8.59. The van der Waals surface area contributed by atoms with Crippen molar-refractivity contribution in [2.75, 3.05) is 0 Å². The highest BCUT2D eigenvalue weighted by molar-refractivity contribution is 7.26. The Morgan fingerprint density at radius 2 is 1.28 bits per heavy atom. The lowest BCUT2D eigenvalue weighted by Gasteiger charge is -2.36. The third kappa shape index (κ3) is 5.66. The normalized spacial score (nSPS) is 19.9. The topological polar surface area (TPSA) is 24.4 Å². The van der Waals surface area contributed by atoms with Crippen molar-refractivity contribution < 1.29 is 0 Å². The van der Waals surface area contributed by atoms with Crippen LogP contribution in [0.2, 0.25) is 0 Å². The second-order valence-electron chi connectivity index (χ2n) is 19.3. The minimum absolute atomic E-state index is 0.0742. The molecular weight excluding hydrogens is 793 g/mol. The summed E-state index contributed by atoms with van der Waals surface area (Å²) in [6, 6.07) is 57.3. The number of allylic oxidation sites excluding steroid dienone is 4. The van der Waals surface area contributed by atoms with Gasteiger partial charge in [-0.1, -0.05) is 179 Å². The van der Waals surface area contributed by atoms with Gasteiger partial charge in [0.1, 0.15) is 0 Å². The van der Waals surface area contributed by atoms with Gasteiger partial charge in [-0.15, -0.1) is 11.3 Å². The molecule has 8 aromatic rings. The number of thiophene rings is 1. The second-order valence-corrected chi connectivity index (χ2v) is 20.3. The number of hydrogen-bond acceptors (Lipinski definition) is 3. The molecule has 1 fully saturated rings. The van der Waals surface area contributed by atoms with Crippen LogP contribution in [0.1, 0.15) is 97.4 Å². The zero-order valence-corrected chi connectivity index (χ0v) is 37.3. The van der Waals surface area contributed by atoms with Gasteiger partial charge in [-0.25, -0.2) is 0 Å². The largest absolute Gasteiger partial charge is 0.371 e. The molecular formula is C61H50N2S. The van der Waals surface area contributed by atoms with Crippen molar-refractivity contribution in [3.05, 3.63) is 221 Å². The van der Waals surface area contributed by atoms with E-state index in [9.17, 15) is 0 Å². The van der Waals surface area contributed by atoms with Gasteiger partial charge in [0.25, 0.3) is 0 Å². The van der Waals surface area contributed by atoms with Gasteiger partial charge in [0.15, 0.2) is 0 Å². The molecule has 4 aliphatic carbocycles. The molecule has 0 amide bonds. The van der Waals surface area contributed by atoms with Gasteiger partial charge in [-0.2, -0.15) is 0 Å². The fraction of sp³-hybridized carbons (Fsp3) is 0.197. The summed E-state index contributed by atoms with van der Waals surface area (Å²) < 4.78 is 2.60. The first-order valence-electron chi connectivity index (χ1n) is 23.4. The molecule has 2 atom stereocenters. The van der Waals surface area contributed by atoms with Gasteiger partial charge in [-0.05, 0) is 116 Å². The summed E-state index contributed by atoms with van der Waals surface area (Å²) in [5.74, 6) is 0.165. The number of aliphatic imine (C=N–C) groups is 1. The molecule has 0 saturated heterocycles. The van der Waals surface area contributed by atoms with Gasteiger partial charge in [0.05, 0.1) is 23.1 Å². The highest BCUT2D eigenvalue weighted by Crippen LogP contribution is 2.60. The van der Waals surface area contributed by atoms with Crippen LogP contribution in [0.3, 0.4) is 0 Å². The van der Waals surface area contributed by atoms with Gasteiger partial charge in [0, 0.05) is 42.5 Å². The van der Waals surface area contributed by atoms with Crippen molar-refractivity contribution in [3.63, 3.8) is 0 Å². The molecule has 1 spiro atoms. The van der Waals surface area contributed by atoms with Crippen LogP contribution in [0.4, 0.5) is 0 Å². The van der Waals surface area contributed by atoms with Crippen LogP contribution < -0.4 is 5.32 Å². The molecule has 64 heavy (non-hydrogen) atoms. The molecule has 1 N–H and O–H groups in total. The minimum Gasteiger partial charge on any atom is -0.371 e. The Labute approximate surface area is 380 Å². The zero-order chi connectivity index (χ0) is 42.6. The number of hydrogen-bond donors (Lipinski definition) is 1. The van der Waals surface area contributed by atoms with Crippen LogP contribution in [0.15, 0.2) is 187 Å².